The van der Waals surface area contributed by atoms with Gasteiger partial charge in [0.15, 0.2) is 0 Å². The fraction of sp³-hybridized carbons (Fsp3) is 0.391. The maximum absolute atomic E-state index is 12.3. The quantitative estimate of drug-likeness (QED) is 0.632. The Labute approximate surface area is 165 Å². The number of carbonyl (C=O) groups is 1. The molecule has 1 aromatic heterocycles. The number of hydrogen-bond acceptors (Lipinski definition) is 4. The van der Waals surface area contributed by atoms with E-state index in [2.05, 4.69) is 53.6 Å². The van der Waals surface area contributed by atoms with Crippen LogP contribution in [0.3, 0.4) is 0 Å². The van der Waals surface area contributed by atoms with Crippen LogP contribution in [0.2, 0.25) is 0 Å². The van der Waals surface area contributed by atoms with Gasteiger partial charge in [0.2, 0.25) is 0 Å². The summed E-state index contributed by atoms with van der Waals surface area (Å²) >= 11 is 0. The number of rotatable bonds is 4. The molecule has 0 bridgehead atoms. The highest BCUT2D eigenvalue weighted by Gasteiger charge is 2.42. The van der Waals surface area contributed by atoms with Crippen LogP contribution >= 0.6 is 0 Å². The molecule has 0 amide bonds. The number of carbonyl (C=O) groups excluding carboxylic acids is 1. The van der Waals surface area contributed by atoms with E-state index in [1.54, 1.807) is 0 Å². The predicted molar refractivity (Wildman–Crippen MR) is 112 cm³/mol. The number of para-hydroxylation sites is 2. The molecule has 1 fully saturated rings. The molecule has 0 aliphatic carbocycles. The third-order valence-electron chi connectivity index (χ3n) is 5.70. The number of ether oxygens (including phenoxy) is 1. The second-order valence-corrected chi connectivity index (χ2v) is 8.11. The Morgan fingerprint density at radius 2 is 2.00 bits per heavy atom. The highest BCUT2D eigenvalue weighted by Crippen LogP contribution is 2.38. The number of imidazole rings is 1. The fourth-order valence-corrected chi connectivity index (χ4v) is 4.33. The van der Waals surface area contributed by atoms with E-state index < -0.39 is 0 Å². The van der Waals surface area contributed by atoms with Crippen LogP contribution in [0, 0.1) is 5.92 Å². The minimum atomic E-state index is -0.109. The van der Waals surface area contributed by atoms with Crippen LogP contribution in [-0.2, 0) is 16.6 Å². The van der Waals surface area contributed by atoms with Crippen molar-refractivity contribution >= 4 is 22.7 Å². The largest absolute Gasteiger partial charge is 0.466 e. The van der Waals surface area contributed by atoms with Crippen LogP contribution in [-0.4, -0.2) is 34.2 Å². The molecule has 1 saturated heterocycles. The molecule has 2 heterocycles. The van der Waals surface area contributed by atoms with Crippen LogP contribution in [0.5, 0.6) is 0 Å². The average molecular weight is 377 g/mol. The molecule has 3 aromatic rings. The molecular weight excluding hydrogens is 350 g/mol. The molecule has 0 saturated carbocycles. The van der Waals surface area contributed by atoms with Crippen molar-refractivity contribution in [3.8, 4) is 11.4 Å². The molecule has 5 heteroatoms. The van der Waals surface area contributed by atoms with Gasteiger partial charge in [0.05, 0.1) is 23.6 Å². The molecule has 4 rings (SSSR count). The first-order chi connectivity index (χ1) is 13.4. The SMILES string of the molecule is CCOC(=O)C1CN(c2cccc(-c3nc4ccccc4n3C)c2)C(C)(C)C1. The summed E-state index contributed by atoms with van der Waals surface area (Å²) in [4.78, 5) is 19.4. The zero-order valence-electron chi connectivity index (χ0n) is 17.0. The topological polar surface area (TPSA) is 47.4 Å². The van der Waals surface area contributed by atoms with Crippen molar-refractivity contribution in [3.63, 3.8) is 0 Å². The van der Waals surface area contributed by atoms with Crippen molar-refractivity contribution < 1.29 is 9.53 Å². The first-order valence-corrected chi connectivity index (χ1v) is 9.87. The molecule has 1 unspecified atom stereocenters. The van der Waals surface area contributed by atoms with Crippen LogP contribution in [0.25, 0.3) is 22.4 Å². The van der Waals surface area contributed by atoms with E-state index in [-0.39, 0.29) is 17.4 Å². The van der Waals surface area contributed by atoms with E-state index >= 15 is 0 Å². The number of aromatic nitrogens is 2. The number of aryl methyl sites for hydroxylation is 1. The van der Waals surface area contributed by atoms with E-state index in [0.717, 1.165) is 34.5 Å². The lowest BCUT2D eigenvalue weighted by molar-refractivity contribution is -0.147. The van der Waals surface area contributed by atoms with Crippen LogP contribution in [0.4, 0.5) is 5.69 Å². The van der Waals surface area contributed by atoms with E-state index in [1.165, 1.54) is 0 Å². The summed E-state index contributed by atoms with van der Waals surface area (Å²) in [5, 5.41) is 0. The lowest BCUT2D eigenvalue weighted by Gasteiger charge is -2.33. The zero-order chi connectivity index (χ0) is 19.9. The summed E-state index contributed by atoms with van der Waals surface area (Å²) in [5.74, 6) is 0.765. The summed E-state index contributed by atoms with van der Waals surface area (Å²) < 4.78 is 7.40. The van der Waals surface area contributed by atoms with E-state index in [1.807, 2.05) is 32.2 Å². The van der Waals surface area contributed by atoms with E-state index in [0.29, 0.717) is 13.2 Å². The molecule has 1 atom stereocenters. The third kappa shape index (κ3) is 3.15. The monoisotopic (exact) mass is 377 g/mol. The van der Waals surface area contributed by atoms with Crippen molar-refractivity contribution in [2.45, 2.75) is 32.7 Å². The fourth-order valence-electron chi connectivity index (χ4n) is 4.33. The van der Waals surface area contributed by atoms with Crippen molar-refractivity contribution in [2.75, 3.05) is 18.1 Å². The van der Waals surface area contributed by atoms with Crippen LogP contribution in [0.1, 0.15) is 27.2 Å². The first kappa shape index (κ1) is 18.5. The minimum Gasteiger partial charge on any atom is -0.466 e. The predicted octanol–water partition coefficient (Wildman–Crippen LogP) is 4.41. The Morgan fingerprint density at radius 1 is 1.21 bits per heavy atom. The Morgan fingerprint density at radius 3 is 2.75 bits per heavy atom. The lowest BCUT2D eigenvalue weighted by atomic mass is 9.96. The lowest BCUT2D eigenvalue weighted by Crippen LogP contribution is -2.38. The van der Waals surface area contributed by atoms with Gasteiger partial charge in [-0.2, -0.15) is 0 Å². The highest BCUT2D eigenvalue weighted by molar-refractivity contribution is 5.81. The maximum Gasteiger partial charge on any atom is 0.310 e. The molecule has 1 aliphatic rings. The molecule has 0 N–H and O–H groups in total. The van der Waals surface area contributed by atoms with Crippen LogP contribution in [0.15, 0.2) is 48.5 Å². The molecule has 2 aromatic carbocycles. The number of nitrogens with zero attached hydrogens (tertiary/aromatic N) is 3. The zero-order valence-corrected chi connectivity index (χ0v) is 17.0. The number of esters is 1. The maximum atomic E-state index is 12.3. The Kier molecular flexibility index (Phi) is 4.61. The minimum absolute atomic E-state index is 0.0886. The molecule has 28 heavy (non-hydrogen) atoms. The van der Waals surface area contributed by atoms with Crippen molar-refractivity contribution in [2.24, 2.45) is 13.0 Å². The van der Waals surface area contributed by atoms with Crippen molar-refractivity contribution in [3.05, 3.63) is 48.5 Å². The van der Waals surface area contributed by atoms with Gasteiger partial charge in [-0.05, 0) is 51.5 Å². The molecule has 0 radical (unpaired) electrons. The Balaban J connectivity index is 1.68. The highest BCUT2D eigenvalue weighted by atomic mass is 16.5. The van der Waals surface area contributed by atoms with Gasteiger partial charge >= 0.3 is 5.97 Å². The van der Waals surface area contributed by atoms with Crippen molar-refractivity contribution in [1.82, 2.24) is 9.55 Å². The number of fused-ring (bicyclic) bond motifs is 1. The van der Waals surface area contributed by atoms with Crippen LogP contribution < -0.4 is 4.90 Å². The van der Waals surface area contributed by atoms with Gasteiger partial charge in [-0.15, -0.1) is 0 Å². The summed E-state index contributed by atoms with van der Waals surface area (Å²) in [6.07, 6.45) is 0.794. The summed E-state index contributed by atoms with van der Waals surface area (Å²) in [5.41, 5.74) is 4.19. The normalized spacial score (nSPS) is 18.6. The van der Waals surface area contributed by atoms with Gasteiger partial charge in [-0.3, -0.25) is 4.79 Å². The third-order valence-corrected chi connectivity index (χ3v) is 5.70. The van der Waals surface area contributed by atoms with Crippen molar-refractivity contribution in [1.29, 1.82) is 0 Å². The Bertz CT molecular complexity index is 1020. The Hall–Kier alpha value is -2.82. The van der Waals surface area contributed by atoms with Gasteiger partial charge in [0.25, 0.3) is 0 Å². The number of hydrogen-bond donors (Lipinski definition) is 0. The molecule has 0 spiro atoms. The summed E-state index contributed by atoms with van der Waals surface area (Å²) in [7, 11) is 2.05. The molecule has 5 nitrogen and oxygen atoms in total. The average Bonchev–Trinajstić information content (AvgIpc) is 3.19. The smallest absolute Gasteiger partial charge is 0.310 e. The standard InChI is InChI=1S/C23H27N3O2/c1-5-28-22(27)17-14-23(2,3)26(15-17)18-10-8-9-16(13-18)21-24-19-11-6-7-12-20(19)25(21)4/h6-13,17H,5,14-15H2,1-4H3. The second-order valence-electron chi connectivity index (χ2n) is 8.11. The van der Waals surface area contributed by atoms with Gasteiger partial charge in [0.1, 0.15) is 5.82 Å². The van der Waals surface area contributed by atoms with Gasteiger partial charge in [0, 0.05) is 30.4 Å². The summed E-state index contributed by atoms with van der Waals surface area (Å²) in [6, 6.07) is 16.6. The van der Waals surface area contributed by atoms with Gasteiger partial charge in [-0.1, -0.05) is 24.3 Å². The molecular formula is C23H27N3O2. The van der Waals surface area contributed by atoms with Gasteiger partial charge in [-0.25, -0.2) is 4.98 Å². The summed E-state index contributed by atoms with van der Waals surface area (Å²) in [6.45, 7) is 7.34. The first-order valence-electron chi connectivity index (χ1n) is 9.87. The van der Waals surface area contributed by atoms with E-state index in [9.17, 15) is 4.79 Å². The van der Waals surface area contributed by atoms with Gasteiger partial charge < -0.3 is 14.2 Å². The second kappa shape index (κ2) is 6.97. The number of anilines is 1. The molecule has 1 aliphatic heterocycles. The number of benzene rings is 2. The molecule has 146 valence electrons. The van der Waals surface area contributed by atoms with E-state index in [4.69, 9.17) is 9.72 Å².